The molecule has 0 aromatic heterocycles. The van der Waals surface area contributed by atoms with Crippen LogP contribution in [0.2, 0.25) is 0 Å². The van der Waals surface area contributed by atoms with E-state index in [1.54, 1.807) is 11.8 Å². The lowest BCUT2D eigenvalue weighted by Gasteiger charge is -2.43. The van der Waals surface area contributed by atoms with E-state index in [1.807, 2.05) is 20.8 Å². The van der Waals surface area contributed by atoms with E-state index in [1.165, 1.54) is 0 Å². The molecule has 1 amide bonds. The molecule has 1 rings (SSSR count). The fraction of sp³-hybridized carbons (Fsp3) is 0.923. The van der Waals surface area contributed by atoms with Crippen molar-refractivity contribution in [3.63, 3.8) is 0 Å². The summed E-state index contributed by atoms with van der Waals surface area (Å²) in [7, 11) is 0. The lowest BCUT2D eigenvalue weighted by Crippen LogP contribution is -2.57. The number of rotatable bonds is 3. The zero-order valence-corrected chi connectivity index (χ0v) is 12.7. The third kappa shape index (κ3) is 4.58. The average molecular weight is 284 g/mol. The molecule has 114 valence electrons. The number of likely N-dealkylation sites (tertiary alicyclic amines) is 1. The molecule has 0 saturated carbocycles. The largest absolute Gasteiger partial charge is 0.444 e. The summed E-state index contributed by atoms with van der Waals surface area (Å²) in [5.41, 5.74) is 6.58. The maximum atomic E-state index is 12.2. The molecular weight excluding hydrogens is 260 g/mol. The van der Waals surface area contributed by atoms with Crippen molar-refractivity contribution in [2.45, 2.75) is 64.2 Å². The normalized spacial score (nSPS) is 22.6. The molecule has 0 aromatic carbocycles. The maximum absolute atomic E-state index is 12.2. The molecule has 0 unspecified atom stereocenters. The fourth-order valence-electron chi connectivity index (χ4n) is 2.40. The van der Waals surface area contributed by atoms with Gasteiger partial charge in [0.15, 0.2) is 0 Å². The first-order valence-electron chi connectivity index (χ1n) is 6.90. The van der Waals surface area contributed by atoms with Crippen molar-refractivity contribution in [1.29, 1.82) is 0 Å². The van der Waals surface area contributed by atoms with Crippen molar-refractivity contribution < 1.29 is 14.6 Å². The summed E-state index contributed by atoms with van der Waals surface area (Å²) in [5, 5.41) is 13.9. The monoisotopic (exact) mass is 284 g/mol. The summed E-state index contributed by atoms with van der Waals surface area (Å²) in [6, 6.07) is -0.392. The highest BCUT2D eigenvalue weighted by molar-refractivity contribution is 5.69. The summed E-state index contributed by atoms with van der Waals surface area (Å²) >= 11 is 0. The Morgan fingerprint density at radius 3 is 2.65 bits per heavy atom. The molecule has 1 fully saturated rings. The number of piperidine rings is 1. The highest BCUT2D eigenvalue weighted by Crippen LogP contribution is 2.28. The van der Waals surface area contributed by atoms with Gasteiger partial charge in [-0.1, -0.05) is 5.11 Å². The lowest BCUT2D eigenvalue weighted by molar-refractivity contribution is -0.0539. The zero-order chi connectivity index (χ0) is 15.4. The summed E-state index contributed by atoms with van der Waals surface area (Å²) in [5.74, 6) is 0. The molecule has 0 aromatic rings. The molecular formula is C13H24N4O3. The first kappa shape index (κ1) is 16.6. The minimum Gasteiger partial charge on any atom is -0.444 e. The Morgan fingerprint density at radius 1 is 1.45 bits per heavy atom. The van der Waals surface area contributed by atoms with Gasteiger partial charge >= 0.3 is 6.09 Å². The van der Waals surface area contributed by atoms with Gasteiger partial charge in [0, 0.05) is 11.5 Å². The van der Waals surface area contributed by atoms with Gasteiger partial charge < -0.3 is 14.7 Å². The van der Waals surface area contributed by atoms with Crippen LogP contribution in [-0.4, -0.2) is 46.4 Å². The molecule has 0 spiro atoms. The van der Waals surface area contributed by atoms with Crippen LogP contribution in [0.5, 0.6) is 0 Å². The molecule has 1 heterocycles. The molecule has 0 aliphatic carbocycles. The first-order valence-corrected chi connectivity index (χ1v) is 6.90. The number of aliphatic hydroxyl groups is 1. The van der Waals surface area contributed by atoms with Crippen molar-refractivity contribution in [2.24, 2.45) is 5.11 Å². The van der Waals surface area contributed by atoms with E-state index < -0.39 is 23.3 Å². The van der Waals surface area contributed by atoms with Gasteiger partial charge in [0.1, 0.15) is 5.60 Å². The van der Waals surface area contributed by atoms with E-state index in [0.29, 0.717) is 13.0 Å². The average Bonchev–Trinajstić information content (AvgIpc) is 2.34. The first-order chi connectivity index (χ1) is 9.17. The molecule has 1 saturated heterocycles. The second-order valence-corrected chi connectivity index (χ2v) is 6.43. The minimum atomic E-state index is -1.25. The standard InChI is InChI=1S/C13H24N4O3/c1-12(2,3)20-11(18)17-8-6-5-7-10(17)13(4,19)9-15-16-14/h10,19H,5-9H2,1-4H3/t10-,13+/m0/s1. The van der Waals surface area contributed by atoms with Gasteiger partial charge in [0.05, 0.1) is 18.2 Å². The predicted molar refractivity (Wildman–Crippen MR) is 75.2 cm³/mol. The Bertz CT molecular complexity index is 397. The van der Waals surface area contributed by atoms with E-state index in [2.05, 4.69) is 10.0 Å². The van der Waals surface area contributed by atoms with E-state index in [4.69, 9.17) is 10.3 Å². The number of ether oxygens (including phenoxy) is 1. The molecule has 1 aliphatic rings. The summed E-state index contributed by atoms with van der Waals surface area (Å²) in [4.78, 5) is 16.5. The number of carbonyl (C=O) groups excluding carboxylic acids is 1. The molecule has 2 atom stereocenters. The van der Waals surface area contributed by atoms with Gasteiger partial charge in [0.25, 0.3) is 0 Å². The van der Waals surface area contributed by atoms with Gasteiger partial charge in [-0.2, -0.15) is 0 Å². The third-order valence-electron chi connectivity index (χ3n) is 3.30. The van der Waals surface area contributed by atoms with Crippen LogP contribution in [-0.2, 0) is 4.74 Å². The Hall–Kier alpha value is -1.46. The third-order valence-corrected chi connectivity index (χ3v) is 3.30. The number of nitrogens with zero attached hydrogens (tertiary/aromatic N) is 4. The molecule has 0 bridgehead atoms. The predicted octanol–water partition coefficient (Wildman–Crippen LogP) is 2.84. The van der Waals surface area contributed by atoms with E-state index in [9.17, 15) is 9.90 Å². The Kier molecular flexibility index (Phi) is 5.25. The van der Waals surface area contributed by atoms with Crippen LogP contribution >= 0.6 is 0 Å². The van der Waals surface area contributed by atoms with Gasteiger partial charge in [0.2, 0.25) is 0 Å². The van der Waals surface area contributed by atoms with Crippen molar-refractivity contribution in [3.05, 3.63) is 10.4 Å². The lowest BCUT2D eigenvalue weighted by atomic mass is 9.88. The number of amides is 1. The molecule has 1 N–H and O–H groups in total. The van der Waals surface area contributed by atoms with E-state index in [-0.39, 0.29) is 6.54 Å². The SMILES string of the molecule is CC(C)(C)OC(=O)N1CCCC[C@H]1[C@](C)(O)CN=[N+]=[N-]. The smallest absolute Gasteiger partial charge is 0.410 e. The molecule has 20 heavy (non-hydrogen) atoms. The van der Waals surface area contributed by atoms with Crippen molar-refractivity contribution >= 4 is 6.09 Å². The van der Waals surface area contributed by atoms with Gasteiger partial charge in [-0.3, -0.25) is 0 Å². The quantitative estimate of drug-likeness (QED) is 0.490. The Morgan fingerprint density at radius 2 is 2.10 bits per heavy atom. The van der Waals surface area contributed by atoms with Gasteiger partial charge in [-0.25, -0.2) is 4.79 Å². The van der Waals surface area contributed by atoms with Gasteiger partial charge in [-0.15, -0.1) is 0 Å². The summed E-state index contributed by atoms with van der Waals surface area (Å²) in [6.45, 7) is 7.50. The summed E-state index contributed by atoms with van der Waals surface area (Å²) < 4.78 is 5.38. The van der Waals surface area contributed by atoms with Crippen LogP contribution in [0, 0.1) is 0 Å². The number of hydrogen-bond donors (Lipinski definition) is 1. The van der Waals surface area contributed by atoms with Crippen molar-refractivity contribution in [2.75, 3.05) is 13.1 Å². The molecule has 1 aliphatic heterocycles. The second kappa shape index (κ2) is 6.33. The van der Waals surface area contributed by atoms with E-state index in [0.717, 1.165) is 12.8 Å². The topological polar surface area (TPSA) is 98.5 Å². The van der Waals surface area contributed by atoms with Crippen LogP contribution in [0.15, 0.2) is 5.11 Å². The van der Waals surface area contributed by atoms with Crippen molar-refractivity contribution in [1.82, 2.24) is 4.90 Å². The van der Waals surface area contributed by atoms with Crippen LogP contribution in [0.1, 0.15) is 47.0 Å². The maximum Gasteiger partial charge on any atom is 0.410 e. The Balaban J connectivity index is 2.86. The second-order valence-electron chi connectivity index (χ2n) is 6.43. The van der Waals surface area contributed by atoms with Crippen LogP contribution < -0.4 is 0 Å². The fourth-order valence-corrected chi connectivity index (χ4v) is 2.40. The highest BCUT2D eigenvalue weighted by Gasteiger charge is 2.41. The van der Waals surface area contributed by atoms with Crippen LogP contribution in [0.4, 0.5) is 4.79 Å². The highest BCUT2D eigenvalue weighted by atomic mass is 16.6. The molecule has 7 nitrogen and oxygen atoms in total. The zero-order valence-electron chi connectivity index (χ0n) is 12.7. The van der Waals surface area contributed by atoms with Gasteiger partial charge in [-0.05, 0) is 52.5 Å². The number of carbonyl (C=O) groups is 1. The van der Waals surface area contributed by atoms with E-state index >= 15 is 0 Å². The van der Waals surface area contributed by atoms with Crippen LogP contribution in [0.25, 0.3) is 10.4 Å². The molecule has 7 heteroatoms. The number of azide groups is 1. The minimum absolute atomic E-state index is 0.0620. The van der Waals surface area contributed by atoms with Crippen molar-refractivity contribution in [3.8, 4) is 0 Å². The van der Waals surface area contributed by atoms with Crippen LogP contribution in [0.3, 0.4) is 0 Å². The molecule has 0 radical (unpaired) electrons. The summed E-state index contributed by atoms with van der Waals surface area (Å²) in [6.07, 6.45) is 2.06. The Labute approximate surface area is 119 Å². The number of hydrogen-bond acceptors (Lipinski definition) is 4.